The van der Waals surface area contributed by atoms with E-state index in [-0.39, 0.29) is 12.6 Å². The molecule has 7 heteroatoms. The summed E-state index contributed by atoms with van der Waals surface area (Å²) in [6.07, 6.45) is 0.317. The molecule has 4 rings (SSSR count). The van der Waals surface area contributed by atoms with Crippen molar-refractivity contribution < 1.29 is 13.6 Å². The van der Waals surface area contributed by atoms with Gasteiger partial charge in [-0.2, -0.15) is 11.8 Å². The molecule has 1 N–H and O–H groups in total. The summed E-state index contributed by atoms with van der Waals surface area (Å²) in [6.45, 7) is 4.71. The molecule has 2 heterocycles. The predicted octanol–water partition coefficient (Wildman–Crippen LogP) is 4.42. The number of amides is 2. The van der Waals surface area contributed by atoms with Crippen LogP contribution in [0.15, 0.2) is 30.3 Å². The van der Waals surface area contributed by atoms with Crippen LogP contribution < -0.4 is 10.2 Å². The highest BCUT2D eigenvalue weighted by molar-refractivity contribution is 7.99. The number of aryl methyl sites for hydroxylation is 1. The van der Waals surface area contributed by atoms with Crippen molar-refractivity contribution in [3.8, 4) is 0 Å². The van der Waals surface area contributed by atoms with Gasteiger partial charge in [-0.25, -0.2) is 13.6 Å². The van der Waals surface area contributed by atoms with Gasteiger partial charge < -0.3 is 15.1 Å². The summed E-state index contributed by atoms with van der Waals surface area (Å²) in [5, 5.41) is 2.96. The number of nitrogens with zero attached hydrogens (tertiary/aromatic N) is 2. The maximum absolute atomic E-state index is 13.9. The lowest BCUT2D eigenvalue weighted by molar-refractivity contribution is 0.205. The molecule has 1 saturated heterocycles. The van der Waals surface area contributed by atoms with Crippen molar-refractivity contribution in [1.82, 2.24) is 4.90 Å². The first-order valence-corrected chi connectivity index (χ1v) is 10.6. The molecule has 28 heavy (non-hydrogen) atoms. The van der Waals surface area contributed by atoms with Crippen LogP contribution in [0.3, 0.4) is 0 Å². The molecule has 1 fully saturated rings. The SMILES string of the molecule is Cc1cc(N2CCSCC2)ccc1NC(=O)N1CCc2c(ccc(F)c2F)C1. The van der Waals surface area contributed by atoms with Crippen molar-refractivity contribution >= 4 is 29.2 Å². The second-order valence-electron chi connectivity index (χ2n) is 7.20. The van der Waals surface area contributed by atoms with Crippen LogP contribution in [-0.2, 0) is 13.0 Å². The molecular formula is C21H23F2N3OS. The molecule has 2 aromatic carbocycles. The summed E-state index contributed by atoms with van der Waals surface area (Å²) in [6, 6.07) is 8.55. The number of anilines is 2. The van der Waals surface area contributed by atoms with Crippen LogP contribution in [0.1, 0.15) is 16.7 Å². The molecule has 0 radical (unpaired) electrons. The first-order chi connectivity index (χ1) is 13.5. The third kappa shape index (κ3) is 3.81. The highest BCUT2D eigenvalue weighted by atomic mass is 32.2. The molecule has 0 aliphatic carbocycles. The van der Waals surface area contributed by atoms with Gasteiger partial charge in [0, 0.05) is 49.1 Å². The van der Waals surface area contributed by atoms with E-state index in [0.29, 0.717) is 24.1 Å². The normalized spacial score (nSPS) is 16.7. The number of hydrogen-bond acceptors (Lipinski definition) is 3. The lowest BCUT2D eigenvalue weighted by Gasteiger charge is -2.30. The number of fused-ring (bicyclic) bond motifs is 1. The van der Waals surface area contributed by atoms with Gasteiger partial charge in [0.1, 0.15) is 0 Å². The highest BCUT2D eigenvalue weighted by Crippen LogP contribution is 2.27. The molecule has 0 bridgehead atoms. The predicted molar refractivity (Wildman–Crippen MR) is 110 cm³/mol. The maximum atomic E-state index is 13.9. The molecule has 0 unspecified atom stereocenters. The summed E-state index contributed by atoms with van der Waals surface area (Å²) in [5.41, 5.74) is 4.01. The van der Waals surface area contributed by atoms with Gasteiger partial charge in [0.2, 0.25) is 0 Å². The van der Waals surface area contributed by atoms with Crippen LogP contribution in [0.25, 0.3) is 0 Å². The molecule has 0 aromatic heterocycles. The second kappa shape index (κ2) is 7.99. The van der Waals surface area contributed by atoms with Crippen LogP contribution in [0.5, 0.6) is 0 Å². The standard InChI is InChI=1S/C21H23F2N3OS/c1-14-12-16(25-8-10-28-11-9-25)3-5-19(14)24-21(27)26-7-6-17-15(13-26)2-4-18(22)20(17)23/h2-5,12H,6-11,13H2,1H3,(H,24,27). The van der Waals surface area contributed by atoms with Crippen molar-refractivity contribution in [3.63, 3.8) is 0 Å². The Bertz CT molecular complexity index is 899. The van der Waals surface area contributed by atoms with Gasteiger partial charge in [-0.05, 0) is 54.3 Å². The van der Waals surface area contributed by atoms with Crippen LogP contribution >= 0.6 is 11.8 Å². The van der Waals surface area contributed by atoms with Gasteiger partial charge in [0.15, 0.2) is 11.6 Å². The molecule has 148 valence electrons. The van der Waals surface area contributed by atoms with Crippen molar-refractivity contribution in [3.05, 3.63) is 58.7 Å². The fourth-order valence-electron chi connectivity index (χ4n) is 3.76. The molecular weight excluding hydrogens is 380 g/mol. The van der Waals surface area contributed by atoms with E-state index in [1.807, 2.05) is 30.8 Å². The zero-order chi connectivity index (χ0) is 19.7. The van der Waals surface area contributed by atoms with Gasteiger partial charge >= 0.3 is 6.03 Å². The van der Waals surface area contributed by atoms with Gasteiger partial charge in [0.05, 0.1) is 0 Å². The van der Waals surface area contributed by atoms with E-state index in [1.165, 1.54) is 5.69 Å². The van der Waals surface area contributed by atoms with E-state index < -0.39 is 11.6 Å². The Morgan fingerprint density at radius 2 is 1.89 bits per heavy atom. The first-order valence-electron chi connectivity index (χ1n) is 9.48. The molecule has 2 aliphatic rings. The fourth-order valence-corrected chi connectivity index (χ4v) is 4.66. The van der Waals surface area contributed by atoms with Gasteiger partial charge in [-0.3, -0.25) is 0 Å². The number of halogens is 2. The Hall–Kier alpha value is -2.28. The Morgan fingerprint density at radius 3 is 2.64 bits per heavy atom. The second-order valence-corrected chi connectivity index (χ2v) is 8.42. The van der Waals surface area contributed by atoms with E-state index in [9.17, 15) is 13.6 Å². The van der Waals surface area contributed by atoms with Crippen molar-refractivity contribution in [2.45, 2.75) is 19.9 Å². The third-order valence-electron chi connectivity index (χ3n) is 5.40. The summed E-state index contributed by atoms with van der Waals surface area (Å²) < 4.78 is 27.3. The highest BCUT2D eigenvalue weighted by Gasteiger charge is 2.24. The zero-order valence-corrected chi connectivity index (χ0v) is 16.6. The molecule has 0 saturated carbocycles. The maximum Gasteiger partial charge on any atom is 0.322 e. The van der Waals surface area contributed by atoms with Gasteiger partial charge in [-0.15, -0.1) is 0 Å². The topological polar surface area (TPSA) is 35.6 Å². The number of hydrogen-bond donors (Lipinski definition) is 1. The lowest BCUT2D eigenvalue weighted by Crippen LogP contribution is -2.39. The summed E-state index contributed by atoms with van der Waals surface area (Å²) in [4.78, 5) is 16.7. The fraction of sp³-hybridized carbons (Fsp3) is 0.381. The zero-order valence-electron chi connectivity index (χ0n) is 15.8. The Morgan fingerprint density at radius 1 is 1.11 bits per heavy atom. The number of carbonyl (C=O) groups excluding carboxylic acids is 1. The minimum atomic E-state index is -0.834. The summed E-state index contributed by atoms with van der Waals surface area (Å²) in [5.74, 6) is 0.650. The van der Waals surface area contributed by atoms with E-state index in [0.717, 1.165) is 41.9 Å². The molecule has 0 spiro atoms. The van der Waals surface area contributed by atoms with Crippen LogP contribution in [-0.4, -0.2) is 42.1 Å². The van der Waals surface area contributed by atoms with Crippen molar-refractivity contribution in [2.75, 3.05) is 41.4 Å². The van der Waals surface area contributed by atoms with E-state index in [4.69, 9.17) is 0 Å². The molecule has 0 atom stereocenters. The first kappa shape index (κ1) is 19.1. The van der Waals surface area contributed by atoms with Crippen LogP contribution in [0.4, 0.5) is 25.0 Å². The lowest BCUT2D eigenvalue weighted by atomic mass is 9.99. The van der Waals surface area contributed by atoms with Gasteiger partial charge in [-0.1, -0.05) is 6.07 Å². The monoisotopic (exact) mass is 403 g/mol. The largest absolute Gasteiger partial charge is 0.370 e. The molecule has 4 nitrogen and oxygen atoms in total. The van der Waals surface area contributed by atoms with Crippen molar-refractivity contribution in [2.24, 2.45) is 0 Å². The molecule has 2 aliphatic heterocycles. The minimum absolute atomic E-state index is 0.222. The minimum Gasteiger partial charge on any atom is -0.370 e. The van der Waals surface area contributed by atoms with Crippen LogP contribution in [0, 0.1) is 18.6 Å². The molecule has 2 amide bonds. The van der Waals surface area contributed by atoms with E-state index >= 15 is 0 Å². The van der Waals surface area contributed by atoms with Crippen molar-refractivity contribution in [1.29, 1.82) is 0 Å². The smallest absolute Gasteiger partial charge is 0.322 e. The summed E-state index contributed by atoms with van der Waals surface area (Å²) >= 11 is 1.97. The third-order valence-corrected chi connectivity index (χ3v) is 6.34. The van der Waals surface area contributed by atoms with Gasteiger partial charge in [0.25, 0.3) is 0 Å². The Balaban J connectivity index is 1.44. The average molecular weight is 403 g/mol. The number of thioether (sulfide) groups is 1. The Labute approximate surface area is 167 Å². The average Bonchev–Trinajstić information content (AvgIpc) is 2.72. The number of urea groups is 1. The van der Waals surface area contributed by atoms with Crippen LogP contribution in [0.2, 0.25) is 0 Å². The van der Waals surface area contributed by atoms with E-state index in [2.05, 4.69) is 16.3 Å². The number of nitrogens with one attached hydrogen (secondary N) is 1. The number of benzene rings is 2. The Kier molecular flexibility index (Phi) is 5.44. The number of carbonyl (C=O) groups is 1. The van der Waals surface area contributed by atoms with E-state index in [1.54, 1.807) is 11.0 Å². The quantitative estimate of drug-likeness (QED) is 0.807. The number of rotatable bonds is 2. The molecule has 2 aromatic rings. The summed E-state index contributed by atoms with van der Waals surface area (Å²) in [7, 11) is 0.